The van der Waals surface area contributed by atoms with Crippen LogP contribution in [0.25, 0.3) is 0 Å². The molecule has 0 spiro atoms. The molecule has 1 aromatic rings. The van der Waals surface area contributed by atoms with Crippen LogP contribution in [0.4, 0.5) is 11.5 Å². The second kappa shape index (κ2) is 7.53. The van der Waals surface area contributed by atoms with Crippen LogP contribution in [0.1, 0.15) is 30.8 Å². The van der Waals surface area contributed by atoms with Gasteiger partial charge in [0.1, 0.15) is 0 Å². The van der Waals surface area contributed by atoms with Gasteiger partial charge < -0.3 is 15.3 Å². The molecule has 0 aliphatic heterocycles. The second-order valence-electron chi connectivity index (χ2n) is 4.79. The maximum atomic E-state index is 10.9. The van der Waals surface area contributed by atoms with Gasteiger partial charge in [-0.05, 0) is 26.5 Å². The quantitative estimate of drug-likeness (QED) is 0.556. The van der Waals surface area contributed by atoms with E-state index in [1.54, 1.807) is 0 Å². The highest BCUT2D eigenvalue weighted by Crippen LogP contribution is 2.21. The van der Waals surface area contributed by atoms with E-state index in [1.165, 1.54) is 0 Å². The molecule has 1 atom stereocenters. The molecule has 1 unspecified atom stereocenters. The molecule has 0 aliphatic rings. The highest BCUT2D eigenvalue weighted by Gasteiger charge is 2.18. The Kier molecular flexibility index (Phi) is 6.04. The molecule has 0 saturated heterocycles. The highest BCUT2D eigenvalue weighted by molar-refractivity contribution is 5.86. The van der Waals surface area contributed by atoms with Gasteiger partial charge in [-0.25, -0.2) is 9.78 Å². The molecule has 21 heavy (non-hydrogen) atoms. The zero-order valence-corrected chi connectivity index (χ0v) is 12.4. The maximum absolute atomic E-state index is 10.9. The van der Waals surface area contributed by atoms with E-state index < -0.39 is 10.9 Å². The zero-order chi connectivity index (χ0) is 16.0. The van der Waals surface area contributed by atoms with Gasteiger partial charge in [-0.15, -0.1) is 0 Å². The Morgan fingerprint density at radius 1 is 1.57 bits per heavy atom. The molecule has 0 saturated carbocycles. The first-order chi connectivity index (χ1) is 9.86. The van der Waals surface area contributed by atoms with E-state index in [9.17, 15) is 14.9 Å². The first-order valence-corrected chi connectivity index (χ1v) is 6.69. The predicted octanol–water partition coefficient (Wildman–Crippen LogP) is 1.83. The Morgan fingerprint density at radius 3 is 2.76 bits per heavy atom. The number of hydrogen-bond acceptors (Lipinski definition) is 6. The normalized spacial score (nSPS) is 12.2. The number of carboxylic acids is 1. The van der Waals surface area contributed by atoms with Crippen LogP contribution in [0.5, 0.6) is 0 Å². The van der Waals surface area contributed by atoms with Gasteiger partial charge in [-0.3, -0.25) is 10.1 Å². The largest absolute Gasteiger partial charge is 0.477 e. The van der Waals surface area contributed by atoms with Crippen molar-refractivity contribution >= 4 is 17.5 Å². The van der Waals surface area contributed by atoms with E-state index in [2.05, 4.69) is 29.0 Å². The van der Waals surface area contributed by atoms with E-state index in [1.807, 2.05) is 7.05 Å². The number of nitrogens with one attached hydrogen (secondary N) is 1. The summed E-state index contributed by atoms with van der Waals surface area (Å²) in [5.74, 6) is -1.23. The minimum atomic E-state index is -1.22. The number of carboxylic acid groups (broad SMARTS) is 1. The Labute approximate surface area is 122 Å². The standard InChI is InChI=1S/C13H20N4O4/c1-4-9(2)16(3)8-7-14-12-11(17(20)21)6-5-10(15-12)13(18)19/h5-6,9H,4,7-8H2,1-3H3,(H,14,15)(H,18,19). The number of hydrogen-bond donors (Lipinski definition) is 2. The summed E-state index contributed by atoms with van der Waals surface area (Å²) < 4.78 is 0. The van der Waals surface area contributed by atoms with Crippen molar-refractivity contribution in [1.82, 2.24) is 9.88 Å². The maximum Gasteiger partial charge on any atom is 0.354 e. The van der Waals surface area contributed by atoms with Crippen molar-refractivity contribution in [3.8, 4) is 0 Å². The average molecular weight is 296 g/mol. The van der Waals surface area contributed by atoms with E-state index in [0.29, 0.717) is 19.1 Å². The topological polar surface area (TPSA) is 109 Å². The molecule has 116 valence electrons. The van der Waals surface area contributed by atoms with Crippen molar-refractivity contribution in [2.24, 2.45) is 0 Å². The number of aromatic nitrogens is 1. The molecule has 0 radical (unpaired) electrons. The van der Waals surface area contributed by atoms with E-state index in [-0.39, 0.29) is 17.2 Å². The van der Waals surface area contributed by atoms with Gasteiger partial charge in [-0.1, -0.05) is 6.92 Å². The summed E-state index contributed by atoms with van der Waals surface area (Å²) in [6, 6.07) is 2.67. The van der Waals surface area contributed by atoms with Crippen molar-refractivity contribution < 1.29 is 14.8 Å². The molecule has 1 heterocycles. The summed E-state index contributed by atoms with van der Waals surface area (Å²) in [6.45, 7) is 5.28. The summed E-state index contributed by atoms with van der Waals surface area (Å²) in [7, 11) is 1.96. The highest BCUT2D eigenvalue weighted by atomic mass is 16.6. The van der Waals surface area contributed by atoms with Gasteiger partial charge in [0.25, 0.3) is 0 Å². The summed E-state index contributed by atoms with van der Waals surface area (Å²) in [6.07, 6.45) is 1.00. The lowest BCUT2D eigenvalue weighted by molar-refractivity contribution is -0.384. The molecule has 0 bridgehead atoms. The van der Waals surface area contributed by atoms with Crippen molar-refractivity contribution in [2.75, 3.05) is 25.5 Å². The number of nitrogens with zero attached hydrogens (tertiary/aromatic N) is 3. The van der Waals surface area contributed by atoms with Gasteiger partial charge >= 0.3 is 11.7 Å². The molecule has 0 aliphatic carbocycles. The van der Waals surface area contributed by atoms with Crippen LogP contribution in [-0.2, 0) is 0 Å². The number of likely N-dealkylation sites (N-methyl/N-ethyl adjacent to an activating group) is 1. The molecule has 8 heteroatoms. The first kappa shape index (κ1) is 16.8. The van der Waals surface area contributed by atoms with Crippen LogP contribution >= 0.6 is 0 Å². The molecule has 0 amide bonds. The Morgan fingerprint density at radius 2 is 2.24 bits per heavy atom. The van der Waals surface area contributed by atoms with E-state index >= 15 is 0 Å². The third kappa shape index (κ3) is 4.67. The van der Waals surface area contributed by atoms with Crippen molar-refractivity contribution in [2.45, 2.75) is 26.3 Å². The Hall–Kier alpha value is -2.22. The lowest BCUT2D eigenvalue weighted by Gasteiger charge is -2.23. The minimum Gasteiger partial charge on any atom is -0.477 e. The SMILES string of the molecule is CCC(C)N(C)CCNc1nc(C(=O)O)ccc1[N+](=O)[O-]. The fourth-order valence-electron chi connectivity index (χ4n) is 1.73. The molecular weight excluding hydrogens is 276 g/mol. The number of carbonyl (C=O) groups is 1. The lowest BCUT2D eigenvalue weighted by Crippen LogP contribution is -2.32. The van der Waals surface area contributed by atoms with Gasteiger partial charge in [-0.2, -0.15) is 0 Å². The molecular formula is C13H20N4O4. The van der Waals surface area contributed by atoms with Gasteiger partial charge in [0.2, 0.25) is 5.82 Å². The summed E-state index contributed by atoms with van der Waals surface area (Å²) in [4.78, 5) is 27.1. The van der Waals surface area contributed by atoms with Crippen molar-refractivity contribution in [3.63, 3.8) is 0 Å². The second-order valence-corrected chi connectivity index (χ2v) is 4.79. The Bertz CT molecular complexity index is 521. The smallest absolute Gasteiger partial charge is 0.354 e. The van der Waals surface area contributed by atoms with Crippen LogP contribution in [0.2, 0.25) is 0 Å². The van der Waals surface area contributed by atoms with Gasteiger partial charge in [0.15, 0.2) is 5.69 Å². The first-order valence-electron chi connectivity index (χ1n) is 6.69. The molecule has 1 aromatic heterocycles. The number of aromatic carboxylic acids is 1. The van der Waals surface area contributed by atoms with Crippen LogP contribution in [0.3, 0.4) is 0 Å². The van der Waals surface area contributed by atoms with Crippen LogP contribution in [0.15, 0.2) is 12.1 Å². The summed E-state index contributed by atoms with van der Waals surface area (Å²) >= 11 is 0. The number of nitro groups is 1. The monoisotopic (exact) mass is 296 g/mol. The van der Waals surface area contributed by atoms with Crippen molar-refractivity contribution in [3.05, 3.63) is 27.9 Å². The number of rotatable bonds is 8. The molecule has 1 rings (SSSR count). The predicted molar refractivity (Wildman–Crippen MR) is 78.7 cm³/mol. The fourth-order valence-corrected chi connectivity index (χ4v) is 1.73. The minimum absolute atomic E-state index is 0.0162. The summed E-state index contributed by atoms with van der Waals surface area (Å²) in [5.41, 5.74) is -0.454. The van der Waals surface area contributed by atoms with Crippen LogP contribution < -0.4 is 5.32 Å². The van der Waals surface area contributed by atoms with Crippen LogP contribution in [0, 0.1) is 10.1 Å². The van der Waals surface area contributed by atoms with Crippen molar-refractivity contribution in [1.29, 1.82) is 0 Å². The molecule has 0 aromatic carbocycles. The number of anilines is 1. The van der Waals surface area contributed by atoms with E-state index in [0.717, 1.165) is 18.6 Å². The molecule has 0 fully saturated rings. The third-order valence-corrected chi connectivity index (χ3v) is 3.39. The van der Waals surface area contributed by atoms with Crippen LogP contribution in [-0.4, -0.2) is 52.1 Å². The van der Waals surface area contributed by atoms with E-state index in [4.69, 9.17) is 5.11 Å². The lowest BCUT2D eigenvalue weighted by atomic mass is 10.2. The fraction of sp³-hybridized carbons (Fsp3) is 0.538. The Balaban J connectivity index is 2.78. The average Bonchev–Trinajstić information content (AvgIpc) is 2.45. The third-order valence-electron chi connectivity index (χ3n) is 3.39. The van der Waals surface area contributed by atoms with Gasteiger partial charge in [0.05, 0.1) is 4.92 Å². The van der Waals surface area contributed by atoms with Gasteiger partial charge in [0, 0.05) is 25.2 Å². The molecule has 2 N–H and O–H groups in total. The number of pyridine rings is 1. The summed E-state index contributed by atoms with van der Waals surface area (Å²) in [5, 5.41) is 22.7. The zero-order valence-electron chi connectivity index (χ0n) is 12.4. The molecule has 8 nitrogen and oxygen atoms in total.